The summed E-state index contributed by atoms with van der Waals surface area (Å²) in [6.45, 7) is 4.08. The minimum atomic E-state index is -1.47. The number of hydrogen-bond donors (Lipinski definition) is 1. The minimum absolute atomic E-state index is 0.957. The van der Waals surface area contributed by atoms with Crippen LogP contribution in [0.1, 0.15) is 6.92 Å². The predicted molar refractivity (Wildman–Crippen MR) is 40.8 cm³/mol. The van der Waals surface area contributed by atoms with E-state index in [2.05, 4.69) is 13.2 Å². The monoisotopic (exact) mass is 317 g/mol. The molecule has 0 rings (SSSR count). The molecule has 0 aliphatic heterocycles. The average Bonchev–Trinajstić information content (AvgIpc) is 1.63. The van der Waals surface area contributed by atoms with Crippen molar-refractivity contribution in [2.45, 2.75) is 6.92 Å². The zero-order valence-electron chi connectivity index (χ0n) is 5.76. The maximum absolute atomic E-state index is 5.04. The SMILES string of the molecule is C=P(C)(C[C](C)=[W])ON. The quantitative estimate of drug-likeness (QED) is 0.612. The van der Waals surface area contributed by atoms with Gasteiger partial charge in [-0.3, -0.25) is 0 Å². The van der Waals surface area contributed by atoms with E-state index in [0.29, 0.717) is 0 Å². The molecule has 54 valence electrons. The topological polar surface area (TPSA) is 35.2 Å². The summed E-state index contributed by atoms with van der Waals surface area (Å²) >= 11 is 1.50. The van der Waals surface area contributed by atoms with Crippen molar-refractivity contribution in [2.75, 3.05) is 12.8 Å². The molecule has 0 aliphatic rings. The molecule has 0 aromatic rings. The van der Waals surface area contributed by atoms with Crippen LogP contribution < -0.4 is 5.90 Å². The van der Waals surface area contributed by atoms with E-state index < -0.39 is 7.11 Å². The molecule has 0 aromatic carbocycles. The summed E-state index contributed by atoms with van der Waals surface area (Å²) in [7, 11) is -1.47. The van der Waals surface area contributed by atoms with E-state index in [-0.39, 0.29) is 0 Å². The Kier molecular flexibility index (Phi) is 4.16. The molecular formula is C5H12NOPW. The number of rotatable bonds is 3. The van der Waals surface area contributed by atoms with Crippen LogP contribution >= 0.6 is 7.11 Å². The van der Waals surface area contributed by atoms with Gasteiger partial charge in [-0.05, 0) is 0 Å². The van der Waals surface area contributed by atoms with Crippen LogP contribution in [0.2, 0.25) is 0 Å². The van der Waals surface area contributed by atoms with Crippen molar-refractivity contribution in [1.82, 2.24) is 0 Å². The molecule has 0 radical (unpaired) electrons. The fourth-order valence-electron chi connectivity index (χ4n) is 0.508. The molecule has 0 spiro atoms. The Morgan fingerprint density at radius 2 is 2.33 bits per heavy atom. The third-order valence-electron chi connectivity index (χ3n) is 0.812. The van der Waals surface area contributed by atoms with Crippen molar-refractivity contribution < 1.29 is 24.0 Å². The van der Waals surface area contributed by atoms with E-state index in [0.717, 1.165) is 6.16 Å². The Bertz CT molecular complexity index is 157. The fourth-order valence-corrected chi connectivity index (χ4v) is 4.47. The molecule has 2 nitrogen and oxygen atoms in total. The molecule has 0 aromatic heterocycles. The summed E-state index contributed by atoms with van der Waals surface area (Å²) in [6, 6.07) is 0. The fraction of sp³-hybridized carbons (Fsp3) is 0.600. The summed E-state index contributed by atoms with van der Waals surface area (Å²) < 4.78 is 6.15. The third-order valence-corrected chi connectivity index (χ3v) is 3.83. The first kappa shape index (κ1) is 9.78. The third kappa shape index (κ3) is 5.23. The Morgan fingerprint density at radius 1 is 1.89 bits per heavy atom. The van der Waals surface area contributed by atoms with E-state index in [1.54, 1.807) is 0 Å². The summed E-state index contributed by atoms with van der Waals surface area (Å²) in [5, 5.41) is 0. The average molecular weight is 317 g/mol. The molecule has 0 aliphatic carbocycles. The van der Waals surface area contributed by atoms with Crippen LogP contribution in [0.3, 0.4) is 0 Å². The summed E-state index contributed by atoms with van der Waals surface area (Å²) in [5.74, 6) is 5.04. The van der Waals surface area contributed by atoms with E-state index in [9.17, 15) is 0 Å². The Hall–Kier alpha value is 0.778. The molecule has 0 amide bonds. The number of nitrogens with two attached hydrogens (primary N) is 1. The van der Waals surface area contributed by atoms with Gasteiger partial charge in [0, 0.05) is 0 Å². The molecule has 2 N–H and O–H groups in total. The Balaban J connectivity index is 3.88. The van der Waals surface area contributed by atoms with Gasteiger partial charge >= 0.3 is 66.9 Å². The molecule has 0 heterocycles. The van der Waals surface area contributed by atoms with Crippen molar-refractivity contribution >= 4 is 17.3 Å². The summed E-state index contributed by atoms with van der Waals surface area (Å²) in [5.41, 5.74) is 0. The second kappa shape index (κ2) is 3.83. The molecule has 0 fully saturated rings. The van der Waals surface area contributed by atoms with Gasteiger partial charge in [0.05, 0.1) is 0 Å². The summed E-state index contributed by atoms with van der Waals surface area (Å²) in [4.78, 5) is 0. The van der Waals surface area contributed by atoms with E-state index in [1.165, 1.54) is 23.3 Å². The van der Waals surface area contributed by atoms with Crippen molar-refractivity contribution in [3.8, 4) is 0 Å². The van der Waals surface area contributed by atoms with Crippen molar-refractivity contribution in [2.24, 2.45) is 5.90 Å². The van der Waals surface area contributed by atoms with Gasteiger partial charge in [-0.15, -0.1) is 0 Å². The zero-order valence-corrected chi connectivity index (χ0v) is 9.58. The van der Waals surface area contributed by atoms with Crippen LogP contribution in [0.4, 0.5) is 0 Å². The molecule has 1 atom stereocenters. The maximum atomic E-state index is 5.04. The van der Waals surface area contributed by atoms with Gasteiger partial charge in [0.15, 0.2) is 0 Å². The standard InChI is InChI=1S/C5H12NOP.W/c1-4-5-8(2,3)7-6;/h2,5-6H2,1,3H3;. The second-order valence-electron chi connectivity index (χ2n) is 2.26. The van der Waals surface area contributed by atoms with Gasteiger partial charge in [0.25, 0.3) is 0 Å². The Labute approximate surface area is 67.2 Å². The first-order chi connectivity index (χ1) is 3.98. The van der Waals surface area contributed by atoms with Gasteiger partial charge in [0.1, 0.15) is 0 Å². The normalized spacial score (nSPS) is 16.8. The van der Waals surface area contributed by atoms with Crippen LogP contribution in [0.25, 0.3) is 0 Å². The zero-order chi connectivity index (χ0) is 7.49. The van der Waals surface area contributed by atoms with Crippen LogP contribution in [0.15, 0.2) is 0 Å². The van der Waals surface area contributed by atoms with E-state index in [1.807, 2.05) is 6.66 Å². The van der Waals surface area contributed by atoms with Crippen LogP contribution in [-0.4, -0.2) is 23.0 Å². The van der Waals surface area contributed by atoms with Crippen molar-refractivity contribution in [3.63, 3.8) is 0 Å². The van der Waals surface area contributed by atoms with Crippen LogP contribution in [0.5, 0.6) is 0 Å². The van der Waals surface area contributed by atoms with Gasteiger partial charge in [-0.2, -0.15) is 0 Å². The first-order valence-corrected chi connectivity index (χ1v) is 6.55. The molecule has 4 heteroatoms. The van der Waals surface area contributed by atoms with Gasteiger partial charge in [-0.1, -0.05) is 0 Å². The van der Waals surface area contributed by atoms with Crippen LogP contribution in [0, 0.1) is 0 Å². The van der Waals surface area contributed by atoms with Crippen LogP contribution in [-0.2, 0) is 24.0 Å². The molecular weight excluding hydrogens is 305 g/mol. The summed E-state index contributed by atoms with van der Waals surface area (Å²) in [6.07, 6.45) is 4.84. The number of hydrogen-bond acceptors (Lipinski definition) is 2. The Morgan fingerprint density at radius 3 is 2.44 bits per heavy atom. The van der Waals surface area contributed by atoms with E-state index in [4.69, 9.17) is 10.5 Å². The predicted octanol–water partition coefficient (Wildman–Crippen LogP) is 0.610. The van der Waals surface area contributed by atoms with Gasteiger partial charge < -0.3 is 0 Å². The van der Waals surface area contributed by atoms with Gasteiger partial charge in [-0.25, -0.2) is 0 Å². The molecule has 0 saturated carbocycles. The molecule has 9 heavy (non-hydrogen) atoms. The molecule has 0 bridgehead atoms. The molecule has 0 saturated heterocycles. The molecule has 1 unspecified atom stereocenters. The van der Waals surface area contributed by atoms with Crippen molar-refractivity contribution in [3.05, 3.63) is 0 Å². The first-order valence-electron chi connectivity index (χ1n) is 2.56. The second-order valence-corrected chi connectivity index (χ2v) is 7.89. The van der Waals surface area contributed by atoms with E-state index >= 15 is 0 Å². The van der Waals surface area contributed by atoms with Crippen molar-refractivity contribution in [1.29, 1.82) is 0 Å². The van der Waals surface area contributed by atoms with Gasteiger partial charge in [0.2, 0.25) is 0 Å².